The summed E-state index contributed by atoms with van der Waals surface area (Å²) in [6, 6.07) is 21.3. The first-order valence-electron chi connectivity index (χ1n) is 10.7. The molecule has 3 aromatic carbocycles. The third kappa shape index (κ3) is 3.24. The molecule has 5 rings (SSSR count). The predicted octanol–water partition coefficient (Wildman–Crippen LogP) is 6.22. The lowest BCUT2D eigenvalue weighted by molar-refractivity contribution is 0.00268. The Balaban J connectivity index is 1.67. The summed E-state index contributed by atoms with van der Waals surface area (Å²) in [4.78, 5) is 30.6. The van der Waals surface area contributed by atoms with Gasteiger partial charge in [-0.25, -0.2) is 4.79 Å². The second-order valence-corrected chi connectivity index (χ2v) is 8.80. The van der Waals surface area contributed by atoms with Gasteiger partial charge in [0.15, 0.2) is 5.72 Å². The second kappa shape index (κ2) is 7.68. The molecule has 3 aromatic rings. The number of ether oxygens (including phenoxy) is 1. The molecule has 2 heterocycles. The topological polar surface area (TPSA) is 49.9 Å². The molecule has 1 fully saturated rings. The van der Waals surface area contributed by atoms with Gasteiger partial charge in [0.25, 0.3) is 5.91 Å². The Labute approximate surface area is 192 Å². The van der Waals surface area contributed by atoms with Gasteiger partial charge in [0.1, 0.15) is 5.75 Å². The highest BCUT2D eigenvalue weighted by molar-refractivity contribution is 6.31. The highest BCUT2D eigenvalue weighted by Gasteiger charge is 2.55. The number of aryl methyl sites for hydroxylation is 1. The second-order valence-electron chi connectivity index (χ2n) is 8.36. The van der Waals surface area contributed by atoms with E-state index in [4.69, 9.17) is 16.3 Å². The van der Waals surface area contributed by atoms with E-state index < -0.39 is 17.8 Å². The summed E-state index contributed by atoms with van der Waals surface area (Å²) in [5, 5.41) is 0.449. The van der Waals surface area contributed by atoms with Crippen molar-refractivity contribution in [1.29, 1.82) is 0 Å². The van der Waals surface area contributed by atoms with Gasteiger partial charge in [-0.1, -0.05) is 54.9 Å². The smallest absolute Gasteiger partial charge is 0.335 e. The Morgan fingerprint density at radius 3 is 2.66 bits per heavy atom. The Morgan fingerprint density at radius 1 is 1.09 bits per heavy atom. The van der Waals surface area contributed by atoms with E-state index in [1.165, 1.54) is 4.90 Å². The van der Waals surface area contributed by atoms with Crippen LogP contribution in [0.3, 0.4) is 0 Å². The minimum atomic E-state index is -0.923. The molecule has 2 bridgehead atoms. The maximum Gasteiger partial charge on any atom is 0.335 e. The Hall–Kier alpha value is -3.31. The summed E-state index contributed by atoms with van der Waals surface area (Å²) in [6.45, 7) is 3.98. The largest absolute Gasteiger partial charge is 0.467 e. The van der Waals surface area contributed by atoms with Gasteiger partial charge in [-0.2, -0.15) is 0 Å². The zero-order chi connectivity index (χ0) is 22.5. The number of urea groups is 1. The molecule has 2 aliphatic rings. The molecule has 162 valence electrons. The van der Waals surface area contributed by atoms with Gasteiger partial charge in [-0.15, -0.1) is 0 Å². The van der Waals surface area contributed by atoms with E-state index in [9.17, 15) is 9.59 Å². The molecule has 0 aliphatic carbocycles. The third-order valence-electron chi connectivity index (χ3n) is 6.23. The molecule has 0 aromatic heterocycles. The van der Waals surface area contributed by atoms with Crippen molar-refractivity contribution in [3.63, 3.8) is 0 Å². The van der Waals surface area contributed by atoms with Crippen LogP contribution in [0.15, 0.2) is 72.8 Å². The molecule has 0 spiro atoms. The number of carbonyl (C=O) groups excluding carboxylic acids is 2. The van der Waals surface area contributed by atoms with Gasteiger partial charge < -0.3 is 4.74 Å². The number of halogens is 1. The third-order valence-corrected chi connectivity index (χ3v) is 6.46. The number of imide groups is 1. The number of fused-ring (bicyclic) bond motifs is 4. The molecule has 6 heteroatoms. The molecule has 0 saturated carbocycles. The number of anilines is 1. The van der Waals surface area contributed by atoms with Crippen LogP contribution in [-0.4, -0.2) is 22.6 Å². The zero-order valence-electron chi connectivity index (χ0n) is 17.9. The van der Waals surface area contributed by atoms with Gasteiger partial charge in [-0.3, -0.25) is 14.6 Å². The first kappa shape index (κ1) is 20.6. The lowest BCUT2D eigenvalue weighted by Crippen LogP contribution is -2.67. The maximum atomic E-state index is 14.0. The standard InChI is InChI=1S/C26H23ClN2O3/c1-3-17-8-6-11-20(14-17)29-25(31)28(24(30)18-9-7-10-19(27)15-18)22-16-26(29,2)32-23-13-5-4-12-21(22)23/h4-15,22H,3,16H2,1-2H3. The molecule has 3 amide bonds. The van der Waals surface area contributed by atoms with Crippen LogP contribution in [0.4, 0.5) is 10.5 Å². The van der Waals surface area contributed by atoms with Crippen molar-refractivity contribution in [2.24, 2.45) is 0 Å². The number of para-hydroxylation sites is 1. The number of benzene rings is 3. The average Bonchev–Trinajstić information content (AvgIpc) is 2.78. The van der Waals surface area contributed by atoms with Crippen LogP contribution in [0, 0.1) is 0 Å². The van der Waals surface area contributed by atoms with Crippen LogP contribution in [0.5, 0.6) is 5.75 Å². The van der Waals surface area contributed by atoms with E-state index in [1.54, 1.807) is 29.2 Å². The molecule has 1 saturated heterocycles. The quantitative estimate of drug-likeness (QED) is 0.479. The lowest BCUT2D eigenvalue weighted by atomic mass is 9.88. The molecule has 32 heavy (non-hydrogen) atoms. The zero-order valence-corrected chi connectivity index (χ0v) is 18.7. The fourth-order valence-corrected chi connectivity index (χ4v) is 4.88. The fraction of sp³-hybridized carbons (Fsp3) is 0.231. The van der Waals surface area contributed by atoms with Crippen molar-refractivity contribution in [3.8, 4) is 5.75 Å². The molecule has 2 unspecified atom stereocenters. The first-order chi connectivity index (χ1) is 15.4. The van der Waals surface area contributed by atoms with Crippen LogP contribution in [-0.2, 0) is 6.42 Å². The number of hydrogen-bond donors (Lipinski definition) is 0. The van der Waals surface area contributed by atoms with Crippen molar-refractivity contribution in [2.45, 2.75) is 38.5 Å². The van der Waals surface area contributed by atoms with Gasteiger partial charge >= 0.3 is 6.03 Å². The number of carbonyl (C=O) groups is 2. The van der Waals surface area contributed by atoms with Crippen molar-refractivity contribution in [1.82, 2.24) is 4.90 Å². The van der Waals surface area contributed by atoms with E-state index >= 15 is 0 Å². The summed E-state index contributed by atoms with van der Waals surface area (Å²) in [7, 11) is 0. The Bertz CT molecular complexity index is 1230. The number of amides is 3. The molecule has 2 aliphatic heterocycles. The minimum absolute atomic E-state index is 0.376. The fourth-order valence-electron chi connectivity index (χ4n) is 4.69. The molecule has 2 atom stereocenters. The van der Waals surface area contributed by atoms with Gasteiger partial charge in [0.2, 0.25) is 0 Å². The molecule has 0 radical (unpaired) electrons. The number of hydrogen-bond acceptors (Lipinski definition) is 3. The van der Waals surface area contributed by atoms with E-state index in [-0.39, 0.29) is 5.91 Å². The summed E-state index contributed by atoms with van der Waals surface area (Å²) in [5.74, 6) is 0.303. The van der Waals surface area contributed by atoms with Gasteiger partial charge in [0, 0.05) is 28.3 Å². The summed E-state index contributed by atoms with van der Waals surface area (Å²) in [5.41, 5.74) is 2.09. The summed E-state index contributed by atoms with van der Waals surface area (Å²) >= 11 is 6.14. The average molecular weight is 447 g/mol. The predicted molar refractivity (Wildman–Crippen MR) is 124 cm³/mol. The van der Waals surface area contributed by atoms with Crippen molar-refractivity contribution >= 4 is 29.2 Å². The van der Waals surface area contributed by atoms with E-state index in [0.717, 1.165) is 17.5 Å². The first-order valence-corrected chi connectivity index (χ1v) is 11.1. The molecule has 0 N–H and O–H groups in total. The van der Waals surface area contributed by atoms with Crippen molar-refractivity contribution < 1.29 is 14.3 Å². The van der Waals surface area contributed by atoms with Crippen molar-refractivity contribution in [3.05, 3.63) is 94.5 Å². The minimum Gasteiger partial charge on any atom is -0.467 e. The Kier molecular flexibility index (Phi) is 4.94. The molecular weight excluding hydrogens is 424 g/mol. The van der Waals surface area contributed by atoms with Gasteiger partial charge in [0.05, 0.1) is 6.04 Å². The van der Waals surface area contributed by atoms with Crippen molar-refractivity contribution in [2.75, 3.05) is 4.90 Å². The lowest BCUT2D eigenvalue weighted by Gasteiger charge is -2.53. The summed E-state index contributed by atoms with van der Waals surface area (Å²) < 4.78 is 6.40. The van der Waals surface area contributed by atoms with Gasteiger partial charge in [-0.05, 0) is 55.3 Å². The van der Waals surface area contributed by atoms with Crippen LogP contribution in [0.1, 0.15) is 47.8 Å². The van der Waals surface area contributed by atoms with Crippen LogP contribution in [0.25, 0.3) is 0 Å². The number of nitrogens with zero attached hydrogens (tertiary/aromatic N) is 2. The van der Waals surface area contributed by atoms with Crippen LogP contribution < -0.4 is 9.64 Å². The maximum absolute atomic E-state index is 14.0. The SMILES string of the molecule is CCc1cccc(N2C(=O)N(C(=O)c3cccc(Cl)c3)C3CC2(C)Oc2ccccc23)c1. The van der Waals surface area contributed by atoms with E-state index in [0.29, 0.717) is 28.4 Å². The monoisotopic (exact) mass is 446 g/mol. The van der Waals surface area contributed by atoms with Crippen LogP contribution in [0.2, 0.25) is 5.02 Å². The number of rotatable bonds is 3. The molecular formula is C26H23ClN2O3. The highest BCUT2D eigenvalue weighted by Crippen LogP contribution is 2.49. The highest BCUT2D eigenvalue weighted by atomic mass is 35.5. The Morgan fingerprint density at radius 2 is 1.88 bits per heavy atom. The van der Waals surface area contributed by atoms with E-state index in [2.05, 4.69) is 6.92 Å². The van der Waals surface area contributed by atoms with Crippen LogP contribution >= 0.6 is 11.6 Å². The molecule has 5 nitrogen and oxygen atoms in total. The summed E-state index contributed by atoms with van der Waals surface area (Å²) in [6.07, 6.45) is 1.29. The normalized spacial score (nSPS) is 21.7. The van der Waals surface area contributed by atoms with E-state index in [1.807, 2.05) is 55.5 Å².